The summed E-state index contributed by atoms with van der Waals surface area (Å²) in [5.41, 5.74) is 2.53. The minimum atomic E-state index is -0.327. The number of carbonyl (C=O) groups is 1. The average Bonchev–Trinajstić information content (AvgIpc) is 2.65. The Hall–Kier alpha value is -3.05. The molecule has 0 radical (unpaired) electrons. The Balaban J connectivity index is 1.87. The molecule has 0 aliphatic carbocycles. The van der Waals surface area contributed by atoms with Crippen molar-refractivity contribution in [2.45, 2.75) is 13.5 Å². The molecule has 1 amide bonds. The van der Waals surface area contributed by atoms with Crippen LogP contribution in [0.1, 0.15) is 21.5 Å². The second-order valence-corrected chi connectivity index (χ2v) is 6.54. The van der Waals surface area contributed by atoms with Crippen LogP contribution >= 0.6 is 11.6 Å². The van der Waals surface area contributed by atoms with Gasteiger partial charge in [0, 0.05) is 17.3 Å². The standard InChI is InChI=1S/C21H19ClN2O3/c1-14-7-9-19(27-2)18(11-14)23-21(26)16-8-10-20(25)24(13-16)12-15-5-3-4-6-17(15)22/h3-11,13H,12H2,1-2H3,(H,23,26). The average molecular weight is 383 g/mol. The van der Waals surface area contributed by atoms with Crippen LogP contribution in [0.4, 0.5) is 5.69 Å². The van der Waals surface area contributed by atoms with Crippen molar-refractivity contribution in [3.63, 3.8) is 0 Å². The number of halogens is 1. The molecule has 27 heavy (non-hydrogen) atoms. The van der Waals surface area contributed by atoms with Gasteiger partial charge >= 0.3 is 0 Å². The molecule has 3 aromatic rings. The number of ether oxygens (including phenoxy) is 1. The number of pyridine rings is 1. The Morgan fingerprint density at radius 3 is 2.67 bits per heavy atom. The lowest BCUT2D eigenvalue weighted by Crippen LogP contribution is -2.22. The van der Waals surface area contributed by atoms with E-state index in [0.717, 1.165) is 11.1 Å². The normalized spacial score (nSPS) is 10.5. The maximum Gasteiger partial charge on any atom is 0.257 e. The molecular weight excluding hydrogens is 364 g/mol. The highest BCUT2D eigenvalue weighted by molar-refractivity contribution is 6.31. The van der Waals surface area contributed by atoms with E-state index in [1.807, 2.05) is 37.3 Å². The maximum absolute atomic E-state index is 12.7. The number of rotatable bonds is 5. The van der Waals surface area contributed by atoms with E-state index in [4.69, 9.17) is 16.3 Å². The van der Waals surface area contributed by atoms with Crippen LogP contribution in [0.5, 0.6) is 5.75 Å². The predicted molar refractivity (Wildman–Crippen MR) is 107 cm³/mol. The van der Waals surface area contributed by atoms with Gasteiger partial charge in [-0.1, -0.05) is 35.9 Å². The summed E-state index contributed by atoms with van der Waals surface area (Å²) in [6.07, 6.45) is 1.53. The van der Waals surface area contributed by atoms with Crippen molar-refractivity contribution in [2.75, 3.05) is 12.4 Å². The van der Waals surface area contributed by atoms with Gasteiger partial charge in [0.15, 0.2) is 0 Å². The molecule has 0 saturated carbocycles. The van der Waals surface area contributed by atoms with Gasteiger partial charge in [0.25, 0.3) is 11.5 Å². The number of hydrogen-bond donors (Lipinski definition) is 1. The summed E-state index contributed by atoms with van der Waals surface area (Å²) in [4.78, 5) is 24.8. The molecular formula is C21H19ClN2O3. The number of hydrogen-bond acceptors (Lipinski definition) is 3. The fourth-order valence-corrected chi connectivity index (χ4v) is 2.91. The van der Waals surface area contributed by atoms with Crippen molar-refractivity contribution >= 4 is 23.2 Å². The van der Waals surface area contributed by atoms with Crippen molar-refractivity contribution in [3.8, 4) is 5.75 Å². The van der Waals surface area contributed by atoms with E-state index < -0.39 is 0 Å². The summed E-state index contributed by atoms with van der Waals surface area (Å²) >= 11 is 6.18. The highest BCUT2D eigenvalue weighted by Gasteiger charge is 2.12. The first-order valence-electron chi connectivity index (χ1n) is 8.38. The second-order valence-electron chi connectivity index (χ2n) is 6.13. The molecule has 0 spiro atoms. The number of aromatic nitrogens is 1. The van der Waals surface area contributed by atoms with Crippen molar-refractivity contribution in [1.29, 1.82) is 0 Å². The van der Waals surface area contributed by atoms with Crippen molar-refractivity contribution < 1.29 is 9.53 Å². The SMILES string of the molecule is COc1ccc(C)cc1NC(=O)c1ccc(=O)n(Cc2ccccc2Cl)c1. The number of amides is 1. The number of benzene rings is 2. The first-order chi connectivity index (χ1) is 13.0. The third kappa shape index (κ3) is 4.38. The van der Waals surface area contributed by atoms with E-state index in [9.17, 15) is 9.59 Å². The zero-order valence-electron chi connectivity index (χ0n) is 15.0. The van der Waals surface area contributed by atoms with E-state index in [-0.39, 0.29) is 18.0 Å². The van der Waals surface area contributed by atoms with Gasteiger partial charge < -0.3 is 14.6 Å². The van der Waals surface area contributed by atoms with Gasteiger partial charge in [-0.25, -0.2) is 0 Å². The molecule has 0 unspecified atom stereocenters. The molecule has 0 saturated heterocycles. The fourth-order valence-electron chi connectivity index (χ4n) is 2.71. The topological polar surface area (TPSA) is 60.3 Å². The molecule has 1 N–H and O–H groups in total. The second kappa shape index (κ2) is 8.10. The van der Waals surface area contributed by atoms with E-state index >= 15 is 0 Å². The number of nitrogens with one attached hydrogen (secondary N) is 1. The minimum Gasteiger partial charge on any atom is -0.495 e. The van der Waals surface area contributed by atoms with Gasteiger partial charge in [-0.3, -0.25) is 9.59 Å². The van der Waals surface area contributed by atoms with Gasteiger partial charge in [-0.15, -0.1) is 0 Å². The molecule has 2 aromatic carbocycles. The Labute approximate surface area is 162 Å². The predicted octanol–water partition coefficient (Wildman–Crippen LogP) is 4.12. The third-order valence-corrected chi connectivity index (χ3v) is 4.52. The monoisotopic (exact) mass is 382 g/mol. The minimum absolute atomic E-state index is 0.209. The lowest BCUT2D eigenvalue weighted by Gasteiger charge is -2.12. The van der Waals surface area contributed by atoms with Crippen LogP contribution in [0.3, 0.4) is 0 Å². The maximum atomic E-state index is 12.7. The lowest BCUT2D eigenvalue weighted by molar-refractivity contribution is 0.102. The lowest BCUT2D eigenvalue weighted by atomic mass is 10.2. The summed E-state index contributed by atoms with van der Waals surface area (Å²) < 4.78 is 6.75. The molecule has 0 fully saturated rings. The van der Waals surface area contributed by atoms with Crippen LogP contribution in [0.15, 0.2) is 65.6 Å². The Kier molecular flexibility index (Phi) is 5.62. The van der Waals surface area contributed by atoms with Crippen LogP contribution in [-0.2, 0) is 6.54 Å². The fraction of sp³-hybridized carbons (Fsp3) is 0.143. The number of nitrogens with zero attached hydrogens (tertiary/aromatic N) is 1. The Morgan fingerprint density at radius 2 is 1.93 bits per heavy atom. The van der Waals surface area contributed by atoms with E-state index in [1.165, 1.54) is 22.9 Å². The van der Waals surface area contributed by atoms with Crippen molar-refractivity contribution in [3.05, 3.63) is 92.9 Å². The Bertz CT molecular complexity index is 1040. The van der Waals surface area contributed by atoms with Gasteiger partial charge in [0.05, 0.1) is 24.9 Å². The van der Waals surface area contributed by atoms with Crippen LogP contribution in [0, 0.1) is 6.92 Å². The number of carbonyl (C=O) groups excluding carboxylic acids is 1. The summed E-state index contributed by atoms with van der Waals surface area (Å²) in [6, 6.07) is 15.7. The molecule has 0 bridgehead atoms. The summed E-state index contributed by atoms with van der Waals surface area (Å²) in [5, 5.41) is 3.41. The van der Waals surface area contributed by atoms with Gasteiger partial charge in [-0.2, -0.15) is 0 Å². The van der Waals surface area contributed by atoms with Crippen molar-refractivity contribution in [1.82, 2.24) is 4.57 Å². The van der Waals surface area contributed by atoms with E-state index in [2.05, 4.69) is 5.32 Å². The molecule has 1 heterocycles. The van der Waals surface area contributed by atoms with Crippen LogP contribution in [0.25, 0.3) is 0 Å². The number of anilines is 1. The smallest absolute Gasteiger partial charge is 0.257 e. The zero-order valence-corrected chi connectivity index (χ0v) is 15.8. The summed E-state index contributed by atoms with van der Waals surface area (Å²) in [5.74, 6) is 0.241. The van der Waals surface area contributed by atoms with Gasteiger partial charge in [0.1, 0.15) is 5.75 Å². The highest BCUT2D eigenvalue weighted by Crippen LogP contribution is 2.25. The number of methoxy groups -OCH3 is 1. The van der Waals surface area contributed by atoms with E-state index in [0.29, 0.717) is 22.0 Å². The van der Waals surface area contributed by atoms with E-state index in [1.54, 1.807) is 19.2 Å². The summed E-state index contributed by atoms with van der Waals surface area (Å²) in [7, 11) is 1.55. The van der Waals surface area contributed by atoms with Crippen LogP contribution in [-0.4, -0.2) is 17.6 Å². The van der Waals surface area contributed by atoms with Crippen molar-refractivity contribution in [2.24, 2.45) is 0 Å². The number of aryl methyl sites for hydroxylation is 1. The third-order valence-electron chi connectivity index (χ3n) is 4.15. The first-order valence-corrected chi connectivity index (χ1v) is 8.75. The molecule has 138 valence electrons. The van der Waals surface area contributed by atoms with Gasteiger partial charge in [0.2, 0.25) is 0 Å². The highest BCUT2D eigenvalue weighted by atomic mass is 35.5. The molecule has 0 aliphatic heterocycles. The van der Waals surface area contributed by atoms with Crippen LogP contribution < -0.4 is 15.6 Å². The Morgan fingerprint density at radius 1 is 1.15 bits per heavy atom. The zero-order chi connectivity index (χ0) is 19.4. The molecule has 1 aromatic heterocycles. The largest absolute Gasteiger partial charge is 0.495 e. The summed E-state index contributed by atoms with van der Waals surface area (Å²) in [6.45, 7) is 2.21. The first kappa shape index (κ1) is 18.7. The van der Waals surface area contributed by atoms with Crippen LogP contribution in [0.2, 0.25) is 5.02 Å². The molecule has 3 rings (SSSR count). The quantitative estimate of drug-likeness (QED) is 0.722. The molecule has 6 heteroatoms. The molecule has 0 atom stereocenters. The molecule has 5 nitrogen and oxygen atoms in total. The molecule has 0 aliphatic rings. The van der Waals surface area contributed by atoms with Gasteiger partial charge in [-0.05, 0) is 42.3 Å².